The first-order valence-corrected chi connectivity index (χ1v) is 6.52. The minimum absolute atomic E-state index is 0.740. The van der Waals surface area contributed by atoms with Gasteiger partial charge in [-0.1, -0.05) is 18.2 Å². The summed E-state index contributed by atoms with van der Waals surface area (Å²) in [7, 11) is 0. The first kappa shape index (κ1) is 13.0. The van der Waals surface area contributed by atoms with Crippen LogP contribution in [0.2, 0.25) is 0 Å². The number of hydrogen-bond acceptors (Lipinski definition) is 4. The van der Waals surface area contributed by atoms with Crippen molar-refractivity contribution in [1.29, 1.82) is 0 Å². The topological polar surface area (TPSA) is 47.4 Å². The summed E-state index contributed by atoms with van der Waals surface area (Å²) in [4.78, 5) is 12.6. The van der Waals surface area contributed by atoms with Gasteiger partial charge in [0.1, 0.15) is 5.75 Å². The fraction of sp³-hybridized carbons (Fsp3) is 0. The van der Waals surface area contributed by atoms with Crippen LogP contribution in [-0.4, -0.2) is 16.4 Å². The molecule has 0 bridgehead atoms. The molecule has 0 N–H and O–H groups in total. The lowest BCUT2D eigenvalue weighted by atomic mass is 10.2. The van der Waals surface area contributed by atoms with E-state index in [4.69, 9.17) is 4.74 Å². The SMILES string of the molecule is C(=N\c1ccc(-c2ccncc2)nc1)/Oc1ccccc1. The number of pyridine rings is 2. The fourth-order valence-corrected chi connectivity index (χ4v) is 1.80. The van der Waals surface area contributed by atoms with Gasteiger partial charge in [-0.25, -0.2) is 4.99 Å². The van der Waals surface area contributed by atoms with E-state index >= 15 is 0 Å². The molecule has 0 saturated carbocycles. The van der Waals surface area contributed by atoms with Crippen molar-refractivity contribution in [3.63, 3.8) is 0 Å². The number of ether oxygens (including phenoxy) is 1. The second kappa shape index (κ2) is 6.43. The van der Waals surface area contributed by atoms with Crippen LogP contribution >= 0.6 is 0 Å². The number of rotatable bonds is 4. The molecular weight excluding hydrogens is 262 g/mol. The second-order valence-corrected chi connectivity index (χ2v) is 4.30. The largest absolute Gasteiger partial charge is 0.446 e. The molecule has 3 aromatic rings. The zero-order valence-electron chi connectivity index (χ0n) is 11.3. The van der Waals surface area contributed by atoms with Crippen LogP contribution in [0.15, 0.2) is 78.2 Å². The Hall–Kier alpha value is -3.01. The maximum Gasteiger partial charge on any atom is 0.181 e. The van der Waals surface area contributed by atoms with Crippen molar-refractivity contribution in [2.24, 2.45) is 4.99 Å². The molecule has 0 aliphatic rings. The zero-order valence-corrected chi connectivity index (χ0v) is 11.3. The molecule has 1 aromatic carbocycles. The Morgan fingerprint density at radius 2 is 1.71 bits per heavy atom. The highest BCUT2D eigenvalue weighted by Gasteiger charge is 1.98. The molecule has 21 heavy (non-hydrogen) atoms. The summed E-state index contributed by atoms with van der Waals surface area (Å²) in [5.41, 5.74) is 2.66. The molecule has 0 aliphatic carbocycles. The molecule has 0 spiro atoms. The van der Waals surface area contributed by atoms with Crippen LogP contribution in [0.25, 0.3) is 11.3 Å². The molecule has 2 heterocycles. The van der Waals surface area contributed by atoms with Gasteiger partial charge < -0.3 is 4.74 Å². The van der Waals surface area contributed by atoms with Crippen molar-refractivity contribution in [1.82, 2.24) is 9.97 Å². The Morgan fingerprint density at radius 3 is 2.43 bits per heavy atom. The van der Waals surface area contributed by atoms with Gasteiger partial charge in [0.05, 0.1) is 17.6 Å². The summed E-state index contributed by atoms with van der Waals surface area (Å²) in [6.45, 7) is 0. The van der Waals surface area contributed by atoms with E-state index in [1.165, 1.54) is 6.40 Å². The molecule has 0 unspecified atom stereocenters. The van der Waals surface area contributed by atoms with Crippen LogP contribution in [0, 0.1) is 0 Å². The third-order valence-electron chi connectivity index (χ3n) is 2.86. The summed E-state index contributed by atoms with van der Waals surface area (Å²) >= 11 is 0. The number of hydrogen-bond donors (Lipinski definition) is 0. The van der Waals surface area contributed by atoms with Crippen LogP contribution in [0.4, 0.5) is 5.69 Å². The Morgan fingerprint density at radius 1 is 0.905 bits per heavy atom. The lowest BCUT2D eigenvalue weighted by Gasteiger charge is -2.00. The molecule has 2 aromatic heterocycles. The lowest BCUT2D eigenvalue weighted by molar-refractivity contribution is 0.574. The highest BCUT2D eigenvalue weighted by atomic mass is 16.5. The molecule has 102 valence electrons. The first-order valence-electron chi connectivity index (χ1n) is 6.52. The van der Waals surface area contributed by atoms with E-state index in [-0.39, 0.29) is 0 Å². The molecule has 0 saturated heterocycles. The highest BCUT2D eigenvalue weighted by Crippen LogP contribution is 2.18. The molecule has 0 fully saturated rings. The Balaban J connectivity index is 1.67. The summed E-state index contributed by atoms with van der Waals surface area (Å²) in [5.74, 6) is 0.752. The van der Waals surface area contributed by atoms with Gasteiger partial charge in [0.25, 0.3) is 0 Å². The standard InChI is InChI=1S/C17H13N3O/c1-2-4-16(5-3-1)21-13-20-15-6-7-17(19-12-15)14-8-10-18-11-9-14/h1-13H/b20-13+. The van der Waals surface area contributed by atoms with E-state index < -0.39 is 0 Å². The van der Waals surface area contributed by atoms with E-state index in [0.717, 1.165) is 22.7 Å². The second-order valence-electron chi connectivity index (χ2n) is 4.30. The highest BCUT2D eigenvalue weighted by molar-refractivity contribution is 5.62. The predicted molar refractivity (Wildman–Crippen MR) is 82.7 cm³/mol. The van der Waals surface area contributed by atoms with Gasteiger partial charge in [-0.3, -0.25) is 9.97 Å². The minimum Gasteiger partial charge on any atom is -0.446 e. The van der Waals surface area contributed by atoms with Crippen molar-refractivity contribution in [2.75, 3.05) is 0 Å². The third-order valence-corrected chi connectivity index (χ3v) is 2.86. The zero-order chi connectivity index (χ0) is 14.3. The average Bonchev–Trinajstić information content (AvgIpc) is 2.57. The summed E-state index contributed by atoms with van der Waals surface area (Å²) < 4.78 is 5.40. The smallest absolute Gasteiger partial charge is 0.181 e. The van der Waals surface area contributed by atoms with E-state index in [1.807, 2.05) is 54.6 Å². The van der Waals surface area contributed by atoms with Crippen molar-refractivity contribution < 1.29 is 4.74 Å². The van der Waals surface area contributed by atoms with Gasteiger partial charge in [-0.05, 0) is 36.4 Å². The van der Waals surface area contributed by atoms with Crippen molar-refractivity contribution >= 4 is 12.1 Å². The number of aromatic nitrogens is 2. The van der Waals surface area contributed by atoms with Crippen LogP contribution in [-0.2, 0) is 0 Å². The van der Waals surface area contributed by atoms with Gasteiger partial charge >= 0.3 is 0 Å². The molecule has 0 radical (unpaired) electrons. The Labute approximate surface area is 122 Å². The quantitative estimate of drug-likeness (QED) is 0.536. The van der Waals surface area contributed by atoms with Crippen LogP contribution in [0.1, 0.15) is 0 Å². The molecule has 0 atom stereocenters. The molecule has 0 aliphatic heterocycles. The number of benzene rings is 1. The van der Waals surface area contributed by atoms with E-state index in [9.17, 15) is 0 Å². The third kappa shape index (κ3) is 3.51. The van der Waals surface area contributed by atoms with Crippen molar-refractivity contribution in [3.8, 4) is 17.0 Å². The van der Waals surface area contributed by atoms with Crippen LogP contribution in [0.5, 0.6) is 5.75 Å². The summed E-state index contributed by atoms with van der Waals surface area (Å²) in [6, 6.07) is 17.2. The number of aliphatic imine (C=N–C) groups is 1. The maximum absolute atomic E-state index is 5.40. The van der Waals surface area contributed by atoms with Gasteiger partial charge in [-0.2, -0.15) is 0 Å². The molecule has 0 amide bonds. The van der Waals surface area contributed by atoms with Gasteiger partial charge in [0.2, 0.25) is 0 Å². The normalized spacial score (nSPS) is 10.7. The molecule has 4 nitrogen and oxygen atoms in total. The number of nitrogens with zero attached hydrogens (tertiary/aromatic N) is 3. The van der Waals surface area contributed by atoms with E-state index in [1.54, 1.807) is 18.6 Å². The van der Waals surface area contributed by atoms with E-state index in [2.05, 4.69) is 15.0 Å². The van der Waals surface area contributed by atoms with Gasteiger partial charge in [0, 0.05) is 18.0 Å². The number of para-hydroxylation sites is 1. The average molecular weight is 275 g/mol. The summed E-state index contributed by atoms with van der Waals surface area (Å²) in [5, 5.41) is 0. The van der Waals surface area contributed by atoms with Crippen LogP contribution < -0.4 is 4.74 Å². The van der Waals surface area contributed by atoms with Crippen LogP contribution in [0.3, 0.4) is 0 Å². The molecular formula is C17H13N3O. The molecule has 4 heteroatoms. The first-order chi connectivity index (χ1) is 10.4. The van der Waals surface area contributed by atoms with Gasteiger partial charge in [0.15, 0.2) is 6.40 Å². The Kier molecular flexibility index (Phi) is 3.98. The van der Waals surface area contributed by atoms with Crippen molar-refractivity contribution in [2.45, 2.75) is 0 Å². The fourth-order valence-electron chi connectivity index (χ4n) is 1.80. The lowest BCUT2D eigenvalue weighted by Crippen LogP contribution is -1.88. The van der Waals surface area contributed by atoms with E-state index in [0.29, 0.717) is 0 Å². The monoisotopic (exact) mass is 275 g/mol. The summed E-state index contributed by atoms with van der Waals surface area (Å²) in [6.07, 6.45) is 6.62. The minimum atomic E-state index is 0.740. The van der Waals surface area contributed by atoms with Crippen molar-refractivity contribution in [3.05, 3.63) is 73.2 Å². The molecule has 3 rings (SSSR count). The predicted octanol–water partition coefficient (Wildman–Crippen LogP) is 3.88. The maximum atomic E-state index is 5.40. The Bertz CT molecular complexity index is 710. The van der Waals surface area contributed by atoms with Gasteiger partial charge in [-0.15, -0.1) is 0 Å².